The van der Waals surface area contributed by atoms with Gasteiger partial charge in [0.1, 0.15) is 5.60 Å². The number of nitrogens with one attached hydrogen (secondary N) is 2. The van der Waals surface area contributed by atoms with Gasteiger partial charge in [-0.05, 0) is 50.8 Å². The number of carbonyl (C=O) groups excluding carboxylic acids is 1. The van der Waals surface area contributed by atoms with E-state index in [2.05, 4.69) is 24.5 Å². The molecule has 1 atom stereocenters. The van der Waals surface area contributed by atoms with E-state index in [1.807, 2.05) is 26.8 Å². The summed E-state index contributed by atoms with van der Waals surface area (Å²) in [4.78, 5) is 11.8. The van der Waals surface area contributed by atoms with Crippen molar-refractivity contribution in [3.8, 4) is 0 Å². The SMILES string of the molecule is CC(C)(C)OC(=O)Nc1ccc(N)c(NC2CC2(C)C)c1. The average Bonchev–Trinajstić information content (AvgIpc) is 2.88. The van der Waals surface area contributed by atoms with Crippen LogP contribution in [0.1, 0.15) is 41.0 Å². The van der Waals surface area contributed by atoms with Crippen LogP contribution in [0.15, 0.2) is 18.2 Å². The molecule has 4 N–H and O–H groups in total. The van der Waals surface area contributed by atoms with E-state index in [9.17, 15) is 4.79 Å². The maximum Gasteiger partial charge on any atom is 0.412 e. The van der Waals surface area contributed by atoms with E-state index in [-0.39, 0.29) is 0 Å². The van der Waals surface area contributed by atoms with E-state index >= 15 is 0 Å². The summed E-state index contributed by atoms with van der Waals surface area (Å²) >= 11 is 0. The first-order chi connectivity index (χ1) is 9.57. The van der Waals surface area contributed by atoms with Crippen LogP contribution in [0, 0.1) is 5.41 Å². The van der Waals surface area contributed by atoms with Crippen molar-refractivity contribution in [2.24, 2.45) is 5.41 Å². The number of hydrogen-bond donors (Lipinski definition) is 3. The lowest BCUT2D eigenvalue weighted by atomic mass is 10.2. The Balaban J connectivity index is 2.03. The Labute approximate surface area is 126 Å². The number of rotatable bonds is 3. The van der Waals surface area contributed by atoms with Crippen molar-refractivity contribution in [3.05, 3.63) is 18.2 Å². The van der Waals surface area contributed by atoms with Crippen LogP contribution in [0.5, 0.6) is 0 Å². The van der Waals surface area contributed by atoms with Gasteiger partial charge in [-0.1, -0.05) is 13.8 Å². The summed E-state index contributed by atoms with van der Waals surface area (Å²) in [7, 11) is 0. The first-order valence-corrected chi connectivity index (χ1v) is 7.23. The van der Waals surface area contributed by atoms with Crippen molar-refractivity contribution in [2.45, 2.75) is 52.7 Å². The van der Waals surface area contributed by atoms with Crippen molar-refractivity contribution >= 4 is 23.2 Å². The Morgan fingerprint density at radius 2 is 2.00 bits per heavy atom. The molecule has 1 aliphatic carbocycles. The third-order valence-electron chi connectivity index (χ3n) is 3.54. The number of ether oxygens (including phenoxy) is 1. The molecule has 1 fully saturated rings. The largest absolute Gasteiger partial charge is 0.444 e. The van der Waals surface area contributed by atoms with Crippen LogP contribution in [0.3, 0.4) is 0 Å². The first-order valence-electron chi connectivity index (χ1n) is 7.23. The standard InChI is InChI=1S/C16H25N3O2/c1-15(2,3)21-14(20)18-10-6-7-11(17)12(8-10)19-13-9-16(13,4)5/h6-8,13,19H,9,17H2,1-5H3,(H,18,20). The maximum atomic E-state index is 11.8. The molecule has 0 aromatic heterocycles. The van der Waals surface area contributed by atoms with Crippen molar-refractivity contribution in [1.29, 1.82) is 0 Å². The zero-order valence-corrected chi connectivity index (χ0v) is 13.4. The minimum Gasteiger partial charge on any atom is -0.444 e. The van der Waals surface area contributed by atoms with Gasteiger partial charge in [-0.15, -0.1) is 0 Å². The summed E-state index contributed by atoms with van der Waals surface area (Å²) in [5, 5.41) is 6.14. The average molecular weight is 291 g/mol. The number of carbonyl (C=O) groups is 1. The van der Waals surface area contributed by atoms with Crippen LogP contribution in [0.25, 0.3) is 0 Å². The normalized spacial score (nSPS) is 19.8. The summed E-state index contributed by atoms with van der Waals surface area (Å²) in [5.41, 5.74) is 7.96. The fraction of sp³-hybridized carbons (Fsp3) is 0.562. The highest BCUT2D eigenvalue weighted by atomic mass is 16.6. The molecule has 1 unspecified atom stereocenters. The molecule has 0 spiro atoms. The second-order valence-corrected chi connectivity index (χ2v) is 7.32. The second kappa shape index (κ2) is 5.13. The van der Waals surface area contributed by atoms with Gasteiger partial charge in [-0.25, -0.2) is 4.79 Å². The Morgan fingerprint density at radius 1 is 1.38 bits per heavy atom. The number of nitrogens with two attached hydrogens (primary N) is 1. The number of benzene rings is 1. The van der Waals surface area contributed by atoms with E-state index in [0.717, 1.165) is 12.1 Å². The number of anilines is 3. The fourth-order valence-electron chi connectivity index (χ4n) is 2.08. The van der Waals surface area contributed by atoms with Crippen molar-refractivity contribution in [1.82, 2.24) is 0 Å². The molecule has 1 saturated carbocycles. The van der Waals surface area contributed by atoms with E-state index in [1.165, 1.54) is 0 Å². The molecule has 0 radical (unpaired) electrons. The molecule has 5 heteroatoms. The Hall–Kier alpha value is -1.91. The van der Waals surface area contributed by atoms with Crippen molar-refractivity contribution < 1.29 is 9.53 Å². The molecule has 1 aromatic rings. The fourth-order valence-corrected chi connectivity index (χ4v) is 2.08. The van der Waals surface area contributed by atoms with E-state index < -0.39 is 11.7 Å². The summed E-state index contributed by atoms with van der Waals surface area (Å²) in [5.74, 6) is 0. The highest BCUT2D eigenvalue weighted by Gasteiger charge is 2.45. The summed E-state index contributed by atoms with van der Waals surface area (Å²) in [6.45, 7) is 9.92. The Bertz CT molecular complexity index is 547. The highest BCUT2D eigenvalue weighted by Crippen LogP contribution is 2.47. The van der Waals surface area contributed by atoms with Gasteiger partial charge < -0.3 is 15.8 Å². The molecule has 0 bridgehead atoms. The lowest BCUT2D eigenvalue weighted by Crippen LogP contribution is -2.27. The quantitative estimate of drug-likeness (QED) is 0.740. The number of nitrogen functional groups attached to an aromatic ring is 1. The molecule has 1 aliphatic rings. The van der Waals surface area contributed by atoms with Crippen LogP contribution < -0.4 is 16.4 Å². The Morgan fingerprint density at radius 3 is 2.52 bits per heavy atom. The third kappa shape index (κ3) is 4.28. The van der Waals surface area contributed by atoms with Crippen LogP contribution in [-0.4, -0.2) is 17.7 Å². The molecule has 116 valence electrons. The van der Waals surface area contributed by atoms with Crippen LogP contribution in [0.2, 0.25) is 0 Å². The lowest BCUT2D eigenvalue weighted by molar-refractivity contribution is 0.0636. The van der Waals surface area contributed by atoms with Gasteiger partial charge in [-0.2, -0.15) is 0 Å². The molecule has 1 amide bonds. The highest BCUT2D eigenvalue weighted by molar-refractivity contribution is 5.87. The summed E-state index contributed by atoms with van der Waals surface area (Å²) in [6.07, 6.45) is 0.654. The number of hydrogen-bond acceptors (Lipinski definition) is 4. The molecule has 5 nitrogen and oxygen atoms in total. The molecule has 0 heterocycles. The lowest BCUT2D eigenvalue weighted by Gasteiger charge is -2.20. The second-order valence-electron chi connectivity index (χ2n) is 7.32. The predicted molar refractivity (Wildman–Crippen MR) is 86.5 cm³/mol. The van der Waals surface area contributed by atoms with Gasteiger partial charge >= 0.3 is 6.09 Å². The van der Waals surface area contributed by atoms with E-state index in [4.69, 9.17) is 10.5 Å². The molecule has 1 aromatic carbocycles. The van der Waals surface area contributed by atoms with Gasteiger partial charge in [0.25, 0.3) is 0 Å². The topological polar surface area (TPSA) is 76.4 Å². The van der Waals surface area contributed by atoms with Crippen LogP contribution in [-0.2, 0) is 4.74 Å². The summed E-state index contributed by atoms with van der Waals surface area (Å²) < 4.78 is 5.24. The molecular formula is C16H25N3O2. The smallest absolute Gasteiger partial charge is 0.412 e. The monoisotopic (exact) mass is 291 g/mol. The number of amides is 1. The van der Waals surface area contributed by atoms with Gasteiger partial charge in [0, 0.05) is 11.7 Å². The molecule has 0 aliphatic heterocycles. The predicted octanol–water partition coefficient (Wildman–Crippen LogP) is 3.83. The van der Waals surface area contributed by atoms with Gasteiger partial charge in [-0.3, -0.25) is 5.32 Å². The van der Waals surface area contributed by atoms with Crippen molar-refractivity contribution in [2.75, 3.05) is 16.4 Å². The molecule has 0 saturated heterocycles. The zero-order valence-electron chi connectivity index (χ0n) is 13.4. The minimum absolute atomic E-state index is 0.307. The van der Waals surface area contributed by atoms with E-state index in [0.29, 0.717) is 22.8 Å². The molecular weight excluding hydrogens is 266 g/mol. The van der Waals surface area contributed by atoms with Crippen molar-refractivity contribution in [3.63, 3.8) is 0 Å². The maximum absolute atomic E-state index is 11.8. The first kappa shape index (κ1) is 15.5. The van der Waals surface area contributed by atoms with Crippen LogP contribution in [0.4, 0.5) is 21.9 Å². The zero-order chi connectivity index (χ0) is 15.8. The minimum atomic E-state index is -0.517. The third-order valence-corrected chi connectivity index (χ3v) is 3.54. The van der Waals surface area contributed by atoms with Crippen LogP contribution >= 0.6 is 0 Å². The molecule has 2 rings (SSSR count). The van der Waals surface area contributed by atoms with Gasteiger partial charge in [0.05, 0.1) is 11.4 Å². The summed E-state index contributed by atoms with van der Waals surface area (Å²) in [6, 6.07) is 5.82. The van der Waals surface area contributed by atoms with E-state index in [1.54, 1.807) is 12.1 Å². The Kier molecular flexibility index (Phi) is 3.78. The molecule has 21 heavy (non-hydrogen) atoms. The van der Waals surface area contributed by atoms with Gasteiger partial charge in [0.15, 0.2) is 0 Å². The van der Waals surface area contributed by atoms with Gasteiger partial charge in [0.2, 0.25) is 0 Å².